The van der Waals surface area contributed by atoms with Gasteiger partial charge in [-0.1, -0.05) is 12.1 Å². The van der Waals surface area contributed by atoms with Crippen LogP contribution in [0.1, 0.15) is 24.2 Å². The van der Waals surface area contributed by atoms with Crippen LogP contribution >= 0.6 is 0 Å². The molecule has 0 aliphatic carbocycles. The monoisotopic (exact) mass is 270 g/mol. The third kappa shape index (κ3) is 3.71. The molecular weight excluding hydrogens is 252 g/mol. The van der Waals surface area contributed by atoms with Crippen molar-refractivity contribution in [2.24, 2.45) is 5.73 Å². The molecule has 0 aliphatic heterocycles. The number of rotatable bonds is 4. The van der Waals surface area contributed by atoms with Gasteiger partial charge in [0.05, 0.1) is 11.9 Å². The quantitative estimate of drug-likeness (QED) is 0.798. The minimum Gasteiger partial charge on any atom is -0.377 e. The van der Waals surface area contributed by atoms with Crippen molar-refractivity contribution >= 4 is 17.4 Å². The number of primary amides is 1. The maximum atomic E-state index is 10.7. The summed E-state index contributed by atoms with van der Waals surface area (Å²) in [4.78, 5) is 15.0. The number of nitrogens with one attached hydrogen (secondary N) is 2. The number of carbonyl (C=O) groups is 1. The number of hydrogen-bond donors (Lipinski definition) is 3. The van der Waals surface area contributed by atoms with Crippen molar-refractivity contribution in [3.63, 3.8) is 0 Å². The van der Waals surface area contributed by atoms with Gasteiger partial charge in [0.25, 0.3) is 0 Å². The Hall–Kier alpha value is -2.56. The molecule has 0 bridgehead atoms. The summed E-state index contributed by atoms with van der Waals surface area (Å²) in [6.45, 7) is 4.02. The second-order valence-corrected chi connectivity index (χ2v) is 4.67. The number of aromatic nitrogens is 1. The molecule has 20 heavy (non-hydrogen) atoms. The third-order valence-corrected chi connectivity index (χ3v) is 2.97. The summed E-state index contributed by atoms with van der Waals surface area (Å²) in [5.74, 6) is 0. The highest BCUT2D eigenvalue weighted by Gasteiger charge is 2.06. The van der Waals surface area contributed by atoms with Crippen molar-refractivity contribution in [2.45, 2.75) is 19.9 Å². The van der Waals surface area contributed by atoms with Crippen molar-refractivity contribution in [2.75, 3.05) is 10.6 Å². The molecule has 2 aromatic rings. The Balaban J connectivity index is 2.03. The number of nitrogens with zero attached hydrogens (tertiary/aromatic N) is 1. The fourth-order valence-corrected chi connectivity index (χ4v) is 1.88. The second kappa shape index (κ2) is 6.06. The second-order valence-electron chi connectivity index (χ2n) is 4.67. The smallest absolute Gasteiger partial charge is 0.316 e. The molecule has 1 aromatic carbocycles. The van der Waals surface area contributed by atoms with Gasteiger partial charge >= 0.3 is 6.03 Å². The van der Waals surface area contributed by atoms with Gasteiger partial charge in [-0.25, -0.2) is 4.79 Å². The molecule has 1 atom stereocenters. The molecule has 0 saturated heterocycles. The molecule has 0 aliphatic rings. The minimum absolute atomic E-state index is 0.141. The molecule has 5 heteroatoms. The van der Waals surface area contributed by atoms with E-state index in [1.54, 1.807) is 0 Å². The summed E-state index contributed by atoms with van der Waals surface area (Å²) in [5.41, 5.74) is 8.83. The largest absolute Gasteiger partial charge is 0.377 e. The number of aryl methyl sites for hydroxylation is 1. The fraction of sp³-hybridized carbons (Fsp3) is 0.200. The van der Waals surface area contributed by atoms with Gasteiger partial charge in [-0.2, -0.15) is 0 Å². The van der Waals surface area contributed by atoms with Crippen LogP contribution < -0.4 is 16.4 Å². The van der Waals surface area contributed by atoms with Crippen molar-refractivity contribution in [1.82, 2.24) is 4.98 Å². The molecule has 0 saturated carbocycles. The zero-order valence-corrected chi connectivity index (χ0v) is 11.6. The first-order valence-corrected chi connectivity index (χ1v) is 6.40. The Kier molecular flexibility index (Phi) is 4.20. The van der Waals surface area contributed by atoms with Crippen LogP contribution in [0.2, 0.25) is 0 Å². The van der Waals surface area contributed by atoms with Gasteiger partial charge in [0, 0.05) is 17.4 Å². The molecule has 1 unspecified atom stereocenters. The number of benzene rings is 1. The van der Waals surface area contributed by atoms with Crippen LogP contribution in [-0.4, -0.2) is 11.0 Å². The lowest BCUT2D eigenvalue weighted by molar-refractivity contribution is 0.259. The summed E-state index contributed by atoms with van der Waals surface area (Å²) >= 11 is 0. The summed E-state index contributed by atoms with van der Waals surface area (Å²) in [7, 11) is 0. The van der Waals surface area contributed by atoms with E-state index in [0.717, 1.165) is 16.9 Å². The van der Waals surface area contributed by atoms with E-state index >= 15 is 0 Å². The van der Waals surface area contributed by atoms with Gasteiger partial charge in [-0.3, -0.25) is 4.98 Å². The number of amides is 2. The van der Waals surface area contributed by atoms with E-state index in [1.807, 2.05) is 49.5 Å². The molecule has 1 aromatic heterocycles. The highest BCUT2D eigenvalue weighted by molar-refractivity contribution is 5.87. The zero-order valence-electron chi connectivity index (χ0n) is 11.6. The number of pyridine rings is 1. The van der Waals surface area contributed by atoms with Crippen LogP contribution in [0.5, 0.6) is 0 Å². The van der Waals surface area contributed by atoms with Gasteiger partial charge in [0.1, 0.15) is 0 Å². The SMILES string of the molecule is Cc1ccc(NC(C)c2ccc(NC(N)=O)cc2)cn1. The number of carbonyl (C=O) groups excluding carboxylic acids is 1. The molecule has 2 rings (SSSR count). The van der Waals surface area contributed by atoms with E-state index in [0.29, 0.717) is 5.69 Å². The molecule has 1 heterocycles. The van der Waals surface area contributed by atoms with Gasteiger partial charge in [0.2, 0.25) is 0 Å². The molecular formula is C15H18N4O. The van der Waals surface area contributed by atoms with Crippen LogP contribution in [0.15, 0.2) is 42.6 Å². The maximum absolute atomic E-state index is 10.7. The van der Waals surface area contributed by atoms with Crippen LogP contribution in [0.25, 0.3) is 0 Å². The first-order valence-electron chi connectivity index (χ1n) is 6.40. The first kappa shape index (κ1) is 13.9. The van der Waals surface area contributed by atoms with Crippen LogP contribution in [0.3, 0.4) is 0 Å². The van der Waals surface area contributed by atoms with Crippen LogP contribution in [0.4, 0.5) is 16.2 Å². The van der Waals surface area contributed by atoms with Gasteiger partial charge < -0.3 is 16.4 Å². The molecule has 104 valence electrons. The Morgan fingerprint density at radius 2 is 1.80 bits per heavy atom. The van der Waals surface area contributed by atoms with E-state index in [9.17, 15) is 4.79 Å². The Labute approximate surface area is 118 Å². The average Bonchev–Trinajstić information content (AvgIpc) is 2.41. The molecule has 0 fully saturated rings. The van der Waals surface area contributed by atoms with Crippen molar-refractivity contribution in [3.05, 3.63) is 53.9 Å². The summed E-state index contributed by atoms with van der Waals surface area (Å²) in [5, 5.41) is 5.91. The fourth-order valence-electron chi connectivity index (χ4n) is 1.88. The summed E-state index contributed by atoms with van der Waals surface area (Å²) < 4.78 is 0. The molecule has 5 nitrogen and oxygen atoms in total. The van der Waals surface area contributed by atoms with Crippen molar-refractivity contribution in [3.8, 4) is 0 Å². The van der Waals surface area contributed by atoms with Crippen LogP contribution in [-0.2, 0) is 0 Å². The number of anilines is 2. The topological polar surface area (TPSA) is 80.0 Å². The van der Waals surface area contributed by atoms with Crippen LogP contribution in [0, 0.1) is 6.92 Å². The molecule has 0 spiro atoms. The lowest BCUT2D eigenvalue weighted by Gasteiger charge is -2.16. The predicted octanol–water partition coefficient (Wildman–Crippen LogP) is 3.05. The molecule has 0 radical (unpaired) electrons. The standard InChI is InChI=1S/C15H18N4O/c1-10-3-6-14(9-17-10)18-11(2)12-4-7-13(8-5-12)19-15(16)20/h3-9,11,18H,1-2H3,(H3,16,19,20). The predicted molar refractivity (Wildman–Crippen MR) is 80.7 cm³/mol. The van der Waals surface area contributed by atoms with Gasteiger partial charge in [-0.15, -0.1) is 0 Å². The van der Waals surface area contributed by atoms with E-state index in [-0.39, 0.29) is 6.04 Å². The summed E-state index contributed by atoms with van der Waals surface area (Å²) in [6, 6.07) is 11.1. The zero-order chi connectivity index (χ0) is 14.5. The summed E-state index contributed by atoms with van der Waals surface area (Å²) in [6.07, 6.45) is 1.81. The van der Waals surface area contributed by atoms with E-state index in [1.165, 1.54) is 0 Å². The lowest BCUT2D eigenvalue weighted by Crippen LogP contribution is -2.19. The van der Waals surface area contributed by atoms with E-state index < -0.39 is 6.03 Å². The Morgan fingerprint density at radius 1 is 1.15 bits per heavy atom. The third-order valence-electron chi connectivity index (χ3n) is 2.97. The highest BCUT2D eigenvalue weighted by Crippen LogP contribution is 2.20. The highest BCUT2D eigenvalue weighted by atomic mass is 16.2. The van der Waals surface area contributed by atoms with Crippen molar-refractivity contribution in [1.29, 1.82) is 0 Å². The Bertz CT molecular complexity index is 578. The normalized spacial score (nSPS) is 11.7. The van der Waals surface area contributed by atoms with Crippen molar-refractivity contribution < 1.29 is 4.79 Å². The maximum Gasteiger partial charge on any atom is 0.316 e. The van der Waals surface area contributed by atoms with E-state index in [2.05, 4.69) is 22.5 Å². The Morgan fingerprint density at radius 3 is 2.35 bits per heavy atom. The minimum atomic E-state index is -0.561. The van der Waals surface area contributed by atoms with Gasteiger partial charge in [-0.05, 0) is 43.7 Å². The number of urea groups is 1. The number of nitrogens with two attached hydrogens (primary N) is 1. The van der Waals surface area contributed by atoms with E-state index in [4.69, 9.17) is 5.73 Å². The number of hydrogen-bond acceptors (Lipinski definition) is 3. The van der Waals surface area contributed by atoms with Gasteiger partial charge in [0.15, 0.2) is 0 Å². The molecule has 2 amide bonds. The first-order chi connectivity index (χ1) is 9.54. The lowest BCUT2D eigenvalue weighted by atomic mass is 10.1. The average molecular weight is 270 g/mol. The molecule has 4 N–H and O–H groups in total.